The fourth-order valence-corrected chi connectivity index (χ4v) is 3.49. The number of nitrogens with zero attached hydrogens (tertiary/aromatic N) is 2. The van der Waals surface area contributed by atoms with Gasteiger partial charge in [-0.25, -0.2) is 9.78 Å². The van der Waals surface area contributed by atoms with Crippen molar-refractivity contribution in [2.45, 2.75) is 40.4 Å². The van der Waals surface area contributed by atoms with E-state index >= 15 is 0 Å². The second-order valence-electron chi connectivity index (χ2n) is 7.75. The predicted molar refractivity (Wildman–Crippen MR) is 134 cm³/mol. The number of benzene rings is 2. The van der Waals surface area contributed by atoms with E-state index in [0.717, 1.165) is 30.8 Å². The molecule has 2 amide bonds. The second kappa shape index (κ2) is 13.2. The van der Waals surface area contributed by atoms with Crippen LogP contribution < -0.4 is 20.1 Å². The number of nitrogens with one attached hydrogen (secondary N) is 2. The largest absolute Gasteiger partial charge is 0.490 e. The molecular weight excluding hydrogens is 428 g/mol. The lowest BCUT2D eigenvalue weighted by Gasteiger charge is -2.20. The van der Waals surface area contributed by atoms with E-state index in [1.54, 1.807) is 12.3 Å². The summed E-state index contributed by atoms with van der Waals surface area (Å²) in [6, 6.07) is 19.1. The van der Waals surface area contributed by atoms with Crippen molar-refractivity contribution < 1.29 is 14.3 Å². The Kier molecular flexibility index (Phi) is 9.73. The fraction of sp³-hybridized carbons (Fsp3) is 0.333. The third-order valence-corrected chi connectivity index (χ3v) is 5.46. The summed E-state index contributed by atoms with van der Waals surface area (Å²) in [5.41, 5.74) is 3.24. The molecule has 3 aromatic rings. The summed E-state index contributed by atoms with van der Waals surface area (Å²) in [6.07, 6.45) is 1.69. The van der Waals surface area contributed by atoms with Gasteiger partial charge in [0.25, 0.3) is 0 Å². The summed E-state index contributed by atoms with van der Waals surface area (Å²) in [7, 11) is 0. The van der Waals surface area contributed by atoms with Gasteiger partial charge >= 0.3 is 6.03 Å². The summed E-state index contributed by atoms with van der Waals surface area (Å²) < 4.78 is 11.4. The van der Waals surface area contributed by atoms with Crippen molar-refractivity contribution in [1.29, 1.82) is 0 Å². The molecule has 0 aliphatic heterocycles. The summed E-state index contributed by atoms with van der Waals surface area (Å²) >= 11 is 0. The van der Waals surface area contributed by atoms with Gasteiger partial charge in [-0.2, -0.15) is 0 Å². The molecule has 7 nitrogen and oxygen atoms in total. The van der Waals surface area contributed by atoms with E-state index in [1.807, 2.05) is 49.4 Å². The smallest absolute Gasteiger partial charge is 0.315 e. The molecule has 0 radical (unpaired) electrons. The van der Waals surface area contributed by atoms with E-state index in [-0.39, 0.29) is 6.03 Å². The molecule has 0 bridgehead atoms. The van der Waals surface area contributed by atoms with Gasteiger partial charge in [0.05, 0.1) is 6.61 Å². The van der Waals surface area contributed by atoms with Crippen LogP contribution in [0.3, 0.4) is 0 Å². The highest BCUT2D eigenvalue weighted by Gasteiger charge is 2.09. The monoisotopic (exact) mass is 462 g/mol. The second-order valence-corrected chi connectivity index (χ2v) is 7.75. The molecule has 0 fully saturated rings. The van der Waals surface area contributed by atoms with Crippen LogP contribution in [0.15, 0.2) is 66.9 Å². The average molecular weight is 463 g/mol. The van der Waals surface area contributed by atoms with Crippen molar-refractivity contribution in [3.63, 3.8) is 0 Å². The fourth-order valence-electron chi connectivity index (χ4n) is 3.49. The van der Waals surface area contributed by atoms with E-state index in [4.69, 9.17) is 9.47 Å². The quantitative estimate of drug-likeness (QED) is 0.391. The Morgan fingerprint density at radius 2 is 1.53 bits per heavy atom. The van der Waals surface area contributed by atoms with Gasteiger partial charge in [-0.1, -0.05) is 56.3 Å². The third-order valence-electron chi connectivity index (χ3n) is 5.46. The van der Waals surface area contributed by atoms with E-state index in [9.17, 15) is 4.79 Å². The van der Waals surface area contributed by atoms with Gasteiger partial charge in [-0.3, -0.25) is 4.90 Å². The molecule has 0 aliphatic carbocycles. The maximum absolute atomic E-state index is 12.4. The van der Waals surface area contributed by atoms with Crippen LogP contribution in [-0.2, 0) is 19.6 Å². The number of aromatic nitrogens is 1. The molecule has 0 atom stereocenters. The number of amides is 2. The van der Waals surface area contributed by atoms with Crippen LogP contribution >= 0.6 is 0 Å². The number of rotatable bonds is 12. The van der Waals surface area contributed by atoms with E-state index in [0.29, 0.717) is 37.1 Å². The van der Waals surface area contributed by atoms with E-state index in [2.05, 4.69) is 46.5 Å². The first-order valence-corrected chi connectivity index (χ1v) is 11.8. The van der Waals surface area contributed by atoms with Crippen LogP contribution in [0.25, 0.3) is 0 Å². The molecule has 2 N–H and O–H groups in total. The molecule has 34 heavy (non-hydrogen) atoms. The normalized spacial score (nSPS) is 10.7. The van der Waals surface area contributed by atoms with E-state index < -0.39 is 0 Å². The summed E-state index contributed by atoms with van der Waals surface area (Å²) in [6.45, 7) is 10.5. The lowest BCUT2D eigenvalue weighted by atomic mass is 10.1. The minimum absolute atomic E-state index is 0.219. The van der Waals surface area contributed by atoms with Crippen molar-refractivity contribution in [3.05, 3.63) is 83.6 Å². The minimum Gasteiger partial charge on any atom is -0.490 e. The van der Waals surface area contributed by atoms with Crippen LogP contribution in [-0.4, -0.2) is 35.6 Å². The summed E-state index contributed by atoms with van der Waals surface area (Å²) in [5.74, 6) is 1.75. The van der Waals surface area contributed by atoms with Crippen molar-refractivity contribution in [1.82, 2.24) is 20.5 Å². The Bertz CT molecular complexity index is 1040. The van der Waals surface area contributed by atoms with Crippen LogP contribution in [0.1, 0.15) is 37.5 Å². The number of ether oxygens (including phenoxy) is 2. The van der Waals surface area contributed by atoms with Crippen molar-refractivity contribution in [2.75, 3.05) is 19.7 Å². The minimum atomic E-state index is -0.219. The Labute approximate surface area is 202 Å². The lowest BCUT2D eigenvalue weighted by Crippen LogP contribution is -2.35. The highest BCUT2D eigenvalue weighted by Crippen LogP contribution is 2.30. The number of pyridine rings is 1. The molecule has 0 unspecified atom stereocenters. The number of carbonyl (C=O) groups excluding carboxylic acids is 1. The van der Waals surface area contributed by atoms with Gasteiger partial charge < -0.3 is 20.1 Å². The first kappa shape index (κ1) is 25.1. The first-order valence-electron chi connectivity index (χ1n) is 11.8. The van der Waals surface area contributed by atoms with Crippen molar-refractivity contribution in [2.24, 2.45) is 0 Å². The Hall–Kier alpha value is -3.58. The van der Waals surface area contributed by atoms with Crippen LogP contribution in [0.2, 0.25) is 0 Å². The Morgan fingerprint density at radius 3 is 2.21 bits per heavy atom. The predicted octanol–water partition coefficient (Wildman–Crippen LogP) is 5.11. The molecule has 3 rings (SSSR count). The molecule has 2 aromatic carbocycles. The Balaban J connectivity index is 1.49. The summed E-state index contributed by atoms with van der Waals surface area (Å²) in [4.78, 5) is 19.1. The number of para-hydroxylation sites is 2. The van der Waals surface area contributed by atoms with Gasteiger partial charge in [0.15, 0.2) is 11.5 Å². The number of urea groups is 1. The zero-order valence-electron chi connectivity index (χ0n) is 20.2. The molecule has 7 heteroatoms. The molecule has 0 saturated carbocycles. The van der Waals surface area contributed by atoms with Gasteiger partial charge in [-0.05, 0) is 48.8 Å². The Morgan fingerprint density at radius 1 is 0.853 bits per heavy atom. The van der Waals surface area contributed by atoms with Crippen molar-refractivity contribution >= 4 is 6.03 Å². The van der Waals surface area contributed by atoms with Gasteiger partial charge in [0.2, 0.25) is 5.88 Å². The van der Waals surface area contributed by atoms with Gasteiger partial charge in [-0.15, -0.1) is 0 Å². The average Bonchev–Trinajstić information content (AvgIpc) is 2.87. The zero-order valence-corrected chi connectivity index (χ0v) is 20.2. The van der Waals surface area contributed by atoms with Gasteiger partial charge in [0, 0.05) is 31.9 Å². The lowest BCUT2D eigenvalue weighted by molar-refractivity contribution is 0.240. The topological polar surface area (TPSA) is 75.7 Å². The van der Waals surface area contributed by atoms with Crippen LogP contribution in [0.4, 0.5) is 4.79 Å². The molecule has 0 aliphatic rings. The standard InChI is InChI=1S/C27H34N4O3/c1-4-31(5-2)20-23-12-8-7-11-22(23)19-30-27(32)29-18-21-15-16-26(28-17-21)34-25-14-10-9-13-24(25)33-6-3/h7-17H,4-6,18-20H2,1-3H3,(H2,29,30,32). The summed E-state index contributed by atoms with van der Waals surface area (Å²) in [5, 5.41) is 5.84. The highest BCUT2D eigenvalue weighted by molar-refractivity contribution is 5.73. The van der Waals surface area contributed by atoms with Crippen molar-refractivity contribution in [3.8, 4) is 17.4 Å². The van der Waals surface area contributed by atoms with Gasteiger partial charge in [0.1, 0.15) is 0 Å². The first-order chi connectivity index (χ1) is 16.6. The maximum atomic E-state index is 12.4. The molecular formula is C27H34N4O3. The van der Waals surface area contributed by atoms with Crippen LogP contribution in [0.5, 0.6) is 17.4 Å². The third kappa shape index (κ3) is 7.49. The molecule has 0 saturated heterocycles. The molecule has 1 aromatic heterocycles. The van der Waals surface area contributed by atoms with E-state index in [1.165, 1.54) is 5.56 Å². The zero-order chi connectivity index (χ0) is 24.2. The van der Waals surface area contributed by atoms with Crippen LogP contribution in [0, 0.1) is 0 Å². The molecule has 0 spiro atoms. The highest BCUT2D eigenvalue weighted by atomic mass is 16.5. The number of carbonyl (C=O) groups is 1. The molecule has 1 heterocycles. The SMILES string of the molecule is CCOc1ccccc1Oc1ccc(CNC(=O)NCc2ccccc2CN(CC)CC)cn1. The molecule has 180 valence electrons. The number of hydrogen-bond acceptors (Lipinski definition) is 5. The maximum Gasteiger partial charge on any atom is 0.315 e. The number of hydrogen-bond donors (Lipinski definition) is 2.